The van der Waals surface area contributed by atoms with Crippen LogP contribution >= 0.6 is 0 Å². The largest absolute Gasteiger partial charge is 0.495 e. The first-order valence-corrected chi connectivity index (χ1v) is 6.22. The summed E-state index contributed by atoms with van der Waals surface area (Å²) in [4.78, 5) is 13.4. The van der Waals surface area contributed by atoms with Crippen molar-refractivity contribution in [2.24, 2.45) is 0 Å². The Morgan fingerprint density at radius 2 is 1.75 bits per heavy atom. The first kappa shape index (κ1) is 14.1. The Kier molecular flexibility index (Phi) is 4.03. The summed E-state index contributed by atoms with van der Waals surface area (Å²) in [6.07, 6.45) is 0. The van der Waals surface area contributed by atoms with Gasteiger partial charge in [0.05, 0.1) is 24.0 Å². The molecule has 0 fully saturated rings. The van der Waals surface area contributed by atoms with E-state index in [-0.39, 0.29) is 11.3 Å². The van der Waals surface area contributed by atoms with Crippen LogP contribution in [0.4, 0.5) is 15.8 Å². The van der Waals surface area contributed by atoms with Crippen molar-refractivity contribution in [3.63, 3.8) is 0 Å². The van der Waals surface area contributed by atoms with Crippen LogP contribution < -0.4 is 9.64 Å². The van der Waals surface area contributed by atoms with Crippen molar-refractivity contribution in [2.75, 3.05) is 19.1 Å². The second-order valence-electron chi connectivity index (χ2n) is 4.42. The van der Waals surface area contributed by atoms with Gasteiger partial charge < -0.3 is 9.64 Å². The van der Waals surface area contributed by atoms with E-state index in [1.807, 2.05) is 24.3 Å². The summed E-state index contributed by atoms with van der Waals surface area (Å²) in [5.41, 5.74) is 1.37. The van der Waals surface area contributed by atoms with Crippen LogP contribution in [0.3, 0.4) is 0 Å². The third kappa shape index (κ3) is 2.50. The van der Waals surface area contributed by atoms with Gasteiger partial charge >= 0.3 is 0 Å². The number of anilines is 2. The van der Waals surface area contributed by atoms with Crippen LogP contribution in [0.15, 0.2) is 42.5 Å². The lowest BCUT2D eigenvalue weighted by molar-refractivity contribution is 0.101. The van der Waals surface area contributed by atoms with Gasteiger partial charge in [-0.3, -0.25) is 4.79 Å². The van der Waals surface area contributed by atoms with Gasteiger partial charge in [-0.2, -0.15) is 0 Å². The molecular weight excluding hydrogens is 257 g/mol. The number of nitrogens with zero attached hydrogens (tertiary/aromatic N) is 1. The monoisotopic (exact) mass is 273 g/mol. The van der Waals surface area contributed by atoms with E-state index in [1.54, 1.807) is 31.2 Å². The number of halogens is 1. The zero-order valence-corrected chi connectivity index (χ0v) is 11.7. The summed E-state index contributed by atoms with van der Waals surface area (Å²) in [5, 5.41) is 0. The molecule has 2 aromatic rings. The lowest BCUT2D eigenvalue weighted by Gasteiger charge is -2.23. The van der Waals surface area contributed by atoms with Gasteiger partial charge in [-0.1, -0.05) is 18.2 Å². The van der Waals surface area contributed by atoms with Gasteiger partial charge in [0.25, 0.3) is 0 Å². The van der Waals surface area contributed by atoms with Gasteiger partial charge in [0.2, 0.25) is 0 Å². The number of carbonyl (C=O) groups is 1. The number of rotatable bonds is 4. The fraction of sp³-hybridized carbons (Fsp3) is 0.188. The highest BCUT2D eigenvalue weighted by molar-refractivity contribution is 6.01. The molecule has 4 heteroatoms. The van der Waals surface area contributed by atoms with Crippen molar-refractivity contribution in [3.05, 3.63) is 53.8 Å². The topological polar surface area (TPSA) is 29.5 Å². The molecule has 0 aliphatic rings. The number of ether oxygens (including phenoxy) is 1. The summed E-state index contributed by atoms with van der Waals surface area (Å²) < 4.78 is 19.2. The highest BCUT2D eigenvalue weighted by Gasteiger charge is 2.18. The quantitative estimate of drug-likeness (QED) is 0.793. The molecule has 20 heavy (non-hydrogen) atoms. The minimum Gasteiger partial charge on any atom is -0.495 e. The molecule has 0 saturated heterocycles. The molecule has 0 unspecified atom stereocenters. The van der Waals surface area contributed by atoms with Crippen LogP contribution in [0.5, 0.6) is 5.75 Å². The second kappa shape index (κ2) is 5.74. The zero-order valence-electron chi connectivity index (χ0n) is 11.7. The molecule has 3 nitrogen and oxygen atoms in total. The Morgan fingerprint density at radius 1 is 1.10 bits per heavy atom. The molecule has 0 atom stereocenters. The fourth-order valence-electron chi connectivity index (χ4n) is 2.18. The molecule has 0 aliphatic carbocycles. The average Bonchev–Trinajstić information content (AvgIpc) is 2.45. The number of carbonyl (C=O) groups excluding carboxylic acids is 1. The number of hydrogen-bond acceptors (Lipinski definition) is 3. The van der Waals surface area contributed by atoms with Gasteiger partial charge in [-0.05, 0) is 31.2 Å². The van der Waals surface area contributed by atoms with Crippen LogP contribution in [0.25, 0.3) is 0 Å². The fourth-order valence-corrected chi connectivity index (χ4v) is 2.18. The maximum absolute atomic E-state index is 13.9. The third-order valence-electron chi connectivity index (χ3n) is 3.15. The Morgan fingerprint density at radius 3 is 2.40 bits per heavy atom. The molecule has 2 rings (SSSR count). The smallest absolute Gasteiger partial charge is 0.164 e. The summed E-state index contributed by atoms with van der Waals surface area (Å²) in [7, 11) is 3.35. The number of methoxy groups -OCH3 is 1. The number of ketones is 1. The Labute approximate surface area is 117 Å². The van der Waals surface area contributed by atoms with E-state index in [0.29, 0.717) is 11.4 Å². The van der Waals surface area contributed by atoms with E-state index in [2.05, 4.69) is 0 Å². The van der Waals surface area contributed by atoms with Crippen LogP contribution in [0, 0.1) is 5.82 Å². The molecule has 0 heterocycles. The van der Waals surface area contributed by atoms with Crippen LogP contribution in [0.2, 0.25) is 0 Å². The molecule has 0 aromatic heterocycles. The molecule has 2 aromatic carbocycles. The highest BCUT2D eigenvalue weighted by Crippen LogP contribution is 2.34. The van der Waals surface area contributed by atoms with Crippen molar-refractivity contribution < 1.29 is 13.9 Å². The van der Waals surface area contributed by atoms with Crippen molar-refractivity contribution in [2.45, 2.75) is 6.92 Å². The lowest BCUT2D eigenvalue weighted by Crippen LogP contribution is -2.15. The molecule has 0 aliphatic heterocycles. The Balaban J connectivity index is 2.57. The number of Topliss-reactive ketones (excluding diaryl/α,β-unsaturated/α-hetero) is 1. The Bertz CT molecular complexity index is 640. The molecule has 0 saturated carbocycles. The second-order valence-corrected chi connectivity index (χ2v) is 4.42. The molecule has 0 spiro atoms. The van der Waals surface area contributed by atoms with Gasteiger partial charge in [0.15, 0.2) is 5.78 Å². The summed E-state index contributed by atoms with van der Waals surface area (Å²) in [6.45, 7) is 1.36. The molecule has 104 valence electrons. The van der Waals surface area contributed by atoms with E-state index in [0.717, 1.165) is 5.69 Å². The standard InChI is InChI=1S/C16H16FNO2/c1-11(19)16-12(17)7-6-9-14(16)18(2)13-8-4-5-10-15(13)20-3/h4-10H,1-3H3. The minimum atomic E-state index is -0.517. The van der Waals surface area contributed by atoms with Gasteiger partial charge in [-0.25, -0.2) is 4.39 Å². The van der Waals surface area contributed by atoms with Crippen LogP contribution in [0.1, 0.15) is 17.3 Å². The highest BCUT2D eigenvalue weighted by atomic mass is 19.1. The number of para-hydroxylation sites is 2. The maximum Gasteiger partial charge on any atom is 0.164 e. The van der Waals surface area contributed by atoms with Crippen molar-refractivity contribution in [1.29, 1.82) is 0 Å². The van der Waals surface area contributed by atoms with Crippen molar-refractivity contribution >= 4 is 17.2 Å². The van der Waals surface area contributed by atoms with E-state index < -0.39 is 5.82 Å². The molecule has 0 N–H and O–H groups in total. The van der Waals surface area contributed by atoms with Crippen LogP contribution in [-0.4, -0.2) is 19.9 Å². The first-order chi connectivity index (χ1) is 9.56. The van der Waals surface area contributed by atoms with Gasteiger partial charge in [-0.15, -0.1) is 0 Å². The van der Waals surface area contributed by atoms with Crippen molar-refractivity contribution in [1.82, 2.24) is 0 Å². The normalized spacial score (nSPS) is 10.2. The lowest BCUT2D eigenvalue weighted by atomic mass is 10.1. The summed E-state index contributed by atoms with van der Waals surface area (Å²) in [5.74, 6) is -0.162. The molecular formula is C16H16FNO2. The molecule has 0 radical (unpaired) electrons. The van der Waals surface area contributed by atoms with E-state index in [9.17, 15) is 9.18 Å². The summed E-state index contributed by atoms with van der Waals surface area (Å²) in [6, 6.07) is 12.0. The Hall–Kier alpha value is -2.36. The van der Waals surface area contributed by atoms with Crippen molar-refractivity contribution in [3.8, 4) is 5.75 Å². The third-order valence-corrected chi connectivity index (χ3v) is 3.15. The van der Waals surface area contributed by atoms with Gasteiger partial charge in [0.1, 0.15) is 11.6 Å². The SMILES string of the molecule is COc1ccccc1N(C)c1cccc(F)c1C(C)=O. The van der Waals surface area contributed by atoms with E-state index in [1.165, 1.54) is 13.0 Å². The first-order valence-electron chi connectivity index (χ1n) is 6.22. The minimum absolute atomic E-state index is 0.0842. The predicted molar refractivity (Wildman–Crippen MR) is 77.5 cm³/mol. The number of hydrogen-bond donors (Lipinski definition) is 0. The molecule has 0 amide bonds. The van der Waals surface area contributed by atoms with Crippen LogP contribution in [-0.2, 0) is 0 Å². The average molecular weight is 273 g/mol. The van der Waals surface area contributed by atoms with E-state index in [4.69, 9.17) is 4.74 Å². The molecule has 0 bridgehead atoms. The van der Waals surface area contributed by atoms with E-state index >= 15 is 0 Å². The zero-order chi connectivity index (χ0) is 14.7. The number of benzene rings is 2. The predicted octanol–water partition coefficient (Wildman–Crippen LogP) is 3.80. The summed E-state index contributed by atoms with van der Waals surface area (Å²) >= 11 is 0. The maximum atomic E-state index is 13.9. The van der Waals surface area contributed by atoms with Gasteiger partial charge in [0, 0.05) is 7.05 Å².